The number of benzene rings is 1. The Morgan fingerprint density at radius 3 is 2.95 bits per heavy atom. The van der Waals surface area contributed by atoms with E-state index in [-0.39, 0.29) is 5.91 Å². The maximum absolute atomic E-state index is 12.3. The SMILES string of the molecule is Cc1coc(-c2ccc(C)c(NC(=O)[C@H]3CNCCO3)c2)n1. The zero-order valence-corrected chi connectivity index (χ0v) is 12.7. The summed E-state index contributed by atoms with van der Waals surface area (Å²) in [6, 6.07) is 5.73. The summed E-state index contributed by atoms with van der Waals surface area (Å²) in [5.41, 5.74) is 3.37. The fourth-order valence-electron chi connectivity index (χ4n) is 2.32. The summed E-state index contributed by atoms with van der Waals surface area (Å²) in [6.07, 6.45) is 1.15. The van der Waals surface area contributed by atoms with Gasteiger partial charge in [0, 0.05) is 24.3 Å². The van der Waals surface area contributed by atoms with Crippen LogP contribution in [0.25, 0.3) is 11.5 Å². The summed E-state index contributed by atoms with van der Waals surface area (Å²) in [6.45, 7) is 5.68. The Morgan fingerprint density at radius 1 is 1.41 bits per heavy atom. The van der Waals surface area contributed by atoms with E-state index in [0.29, 0.717) is 19.0 Å². The molecule has 1 aliphatic heterocycles. The van der Waals surface area contributed by atoms with Crippen LogP contribution in [0.15, 0.2) is 28.9 Å². The molecular weight excluding hydrogens is 282 g/mol. The van der Waals surface area contributed by atoms with Gasteiger partial charge >= 0.3 is 0 Å². The minimum absolute atomic E-state index is 0.143. The van der Waals surface area contributed by atoms with Crippen LogP contribution in [0.2, 0.25) is 0 Å². The average molecular weight is 301 g/mol. The summed E-state index contributed by atoms with van der Waals surface area (Å²) in [5.74, 6) is 0.402. The van der Waals surface area contributed by atoms with Crippen LogP contribution in [0.1, 0.15) is 11.3 Å². The van der Waals surface area contributed by atoms with Crippen molar-refractivity contribution >= 4 is 11.6 Å². The largest absolute Gasteiger partial charge is 0.444 e. The molecule has 3 rings (SSSR count). The molecule has 6 heteroatoms. The van der Waals surface area contributed by atoms with E-state index in [1.54, 1.807) is 6.26 Å². The molecule has 0 aliphatic carbocycles. The van der Waals surface area contributed by atoms with Crippen LogP contribution in [0, 0.1) is 13.8 Å². The van der Waals surface area contributed by atoms with E-state index < -0.39 is 6.10 Å². The van der Waals surface area contributed by atoms with Gasteiger partial charge in [0.05, 0.1) is 12.3 Å². The van der Waals surface area contributed by atoms with Crippen molar-refractivity contribution in [3.8, 4) is 11.5 Å². The number of hydrogen-bond acceptors (Lipinski definition) is 5. The lowest BCUT2D eigenvalue weighted by Gasteiger charge is -2.23. The molecule has 1 aliphatic rings. The number of aryl methyl sites for hydroxylation is 2. The van der Waals surface area contributed by atoms with E-state index in [1.807, 2.05) is 32.0 Å². The van der Waals surface area contributed by atoms with Gasteiger partial charge in [-0.05, 0) is 31.5 Å². The Morgan fingerprint density at radius 2 is 2.27 bits per heavy atom. The molecule has 2 heterocycles. The predicted molar refractivity (Wildman–Crippen MR) is 82.7 cm³/mol. The van der Waals surface area contributed by atoms with Gasteiger partial charge in [0.15, 0.2) is 0 Å². The Kier molecular flexibility index (Phi) is 4.22. The monoisotopic (exact) mass is 301 g/mol. The molecule has 1 aromatic carbocycles. The lowest BCUT2D eigenvalue weighted by Crippen LogP contribution is -2.45. The molecule has 0 radical (unpaired) electrons. The van der Waals surface area contributed by atoms with Crippen LogP contribution in [0.3, 0.4) is 0 Å². The first-order valence-corrected chi connectivity index (χ1v) is 7.30. The van der Waals surface area contributed by atoms with Crippen molar-refractivity contribution in [2.24, 2.45) is 0 Å². The number of nitrogens with one attached hydrogen (secondary N) is 2. The van der Waals surface area contributed by atoms with Crippen LogP contribution in [-0.4, -0.2) is 36.7 Å². The molecule has 0 unspecified atom stereocenters. The van der Waals surface area contributed by atoms with Crippen molar-refractivity contribution in [3.05, 3.63) is 35.7 Å². The molecule has 0 bridgehead atoms. The van der Waals surface area contributed by atoms with Gasteiger partial charge in [-0.3, -0.25) is 4.79 Å². The molecule has 1 fully saturated rings. The van der Waals surface area contributed by atoms with E-state index in [4.69, 9.17) is 9.15 Å². The van der Waals surface area contributed by atoms with Crippen LogP contribution in [0.4, 0.5) is 5.69 Å². The predicted octanol–water partition coefficient (Wildman–Crippen LogP) is 1.89. The molecule has 1 aromatic heterocycles. The summed E-state index contributed by atoms with van der Waals surface area (Å²) in [5, 5.41) is 6.07. The summed E-state index contributed by atoms with van der Waals surface area (Å²) in [4.78, 5) is 16.6. The van der Waals surface area contributed by atoms with Gasteiger partial charge in [-0.1, -0.05) is 6.07 Å². The molecule has 2 aromatic rings. The maximum atomic E-state index is 12.3. The molecule has 22 heavy (non-hydrogen) atoms. The van der Waals surface area contributed by atoms with E-state index in [9.17, 15) is 4.79 Å². The van der Waals surface area contributed by atoms with Crippen molar-refractivity contribution in [2.45, 2.75) is 20.0 Å². The number of carbonyl (C=O) groups is 1. The number of amides is 1. The van der Waals surface area contributed by atoms with Crippen molar-refractivity contribution in [1.29, 1.82) is 0 Å². The number of hydrogen-bond donors (Lipinski definition) is 2. The Hall–Kier alpha value is -2.18. The number of anilines is 1. The van der Waals surface area contributed by atoms with Crippen LogP contribution in [0.5, 0.6) is 0 Å². The van der Waals surface area contributed by atoms with Gasteiger partial charge in [-0.2, -0.15) is 0 Å². The van der Waals surface area contributed by atoms with Gasteiger partial charge in [-0.25, -0.2) is 4.98 Å². The molecule has 1 saturated heterocycles. The zero-order valence-electron chi connectivity index (χ0n) is 12.7. The lowest BCUT2D eigenvalue weighted by molar-refractivity contribution is -0.128. The van der Waals surface area contributed by atoms with Gasteiger partial charge in [-0.15, -0.1) is 0 Å². The van der Waals surface area contributed by atoms with Crippen LogP contribution >= 0.6 is 0 Å². The van der Waals surface area contributed by atoms with Crippen molar-refractivity contribution in [3.63, 3.8) is 0 Å². The number of morpholine rings is 1. The topological polar surface area (TPSA) is 76.4 Å². The van der Waals surface area contributed by atoms with Gasteiger partial charge in [0.1, 0.15) is 12.4 Å². The third kappa shape index (κ3) is 3.18. The smallest absolute Gasteiger partial charge is 0.254 e. The second kappa shape index (κ2) is 6.29. The van der Waals surface area contributed by atoms with Gasteiger partial charge < -0.3 is 19.8 Å². The standard InChI is InChI=1S/C16H19N3O3/c1-10-3-4-12(16-18-11(2)9-22-16)7-13(10)19-15(20)14-8-17-5-6-21-14/h3-4,7,9,14,17H,5-6,8H2,1-2H3,(H,19,20)/t14-/m1/s1. The summed E-state index contributed by atoms with van der Waals surface area (Å²) >= 11 is 0. The van der Waals surface area contributed by atoms with Gasteiger partial charge in [0.25, 0.3) is 5.91 Å². The second-order valence-electron chi connectivity index (χ2n) is 5.38. The quantitative estimate of drug-likeness (QED) is 0.905. The minimum atomic E-state index is -0.458. The average Bonchev–Trinajstić information content (AvgIpc) is 2.97. The lowest BCUT2D eigenvalue weighted by atomic mass is 10.1. The van der Waals surface area contributed by atoms with E-state index in [1.165, 1.54) is 0 Å². The Labute approximate surface area is 128 Å². The first kappa shape index (κ1) is 14.7. The van der Waals surface area contributed by atoms with Gasteiger partial charge in [0.2, 0.25) is 5.89 Å². The number of rotatable bonds is 3. The fraction of sp³-hybridized carbons (Fsp3) is 0.375. The van der Waals surface area contributed by atoms with E-state index in [0.717, 1.165) is 29.1 Å². The highest BCUT2D eigenvalue weighted by molar-refractivity contribution is 5.95. The van der Waals surface area contributed by atoms with Crippen LogP contribution < -0.4 is 10.6 Å². The zero-order chi connectivity index (χ0) is 15.5. The molecule has 1 amide bonds. The van der Waals surface area contributed by atoms with E-state index >= 15 is 0 Å². The first-order chi connectivity index (χ1) is 10.6. The number of nitrogens with zero attached hydrogens (tertiary/aromatic N) is 1. The number of ether oxygens (including phenoxy) is 1. The highest BCUT2D eigenvalue weighted by Gasteiger charge is 2.22. The molecule has 0 saturated carbocycles. The molecule has 0 spiro atoms. The Balaban J connectivity index is 1.79. The van der Waals surface area contributed by atoms with Crippen molar-refractivity contribution < 1.29 is 13.9 Å². The van der Waals surface area contributed by atoms with E-state index in [2.05, 4.69) is 15.6 Å². The van der Waals surface area contributed by atoms with Crippen molar-refractivity contribution in [2.75, 3.05) is 25.0 Å². The summed E-state index contributed by atoms with van der Waals surface area (Å²) in [7, 11) is 0. The Bertz CT molecular complexity index is 675. The van der Waals surface area contributed by atoms with Crippen LogP contribution in [-0.2, 0) is 9.53 Å². The molecular formula is C16H19N3O3. The minimum Gasteiger partial charge on any atom is -0.444 e. The summed E-state index contributed by atoms with van der Waals surface area (Å²) < 4.78 is 10.9. The molecule has 116 valence electrons. The fourth-order valence-corrected chi connectivity index (χ4v) is 2.32. The third-order valence-corrected chi connectivity index (χ3v) is 3.58. The van der Waals surface area contributed by atoms with Crippen molar-refractivity contribution in [1.82, 2.24) is 10.3 Å². The number of aromatic nitrogens is 1. The molecule has 1 atom stereocenters. The highest BCUT2D eigenvalue weighted by Crippen LogP contribution is 2.25. The number of carbonyl (C=O) groups excluding carboxylic acids is 1. The maximum Gasteiger partial charge on any atom is 0.254 e. The first-order valence-electron chi connectivity index (χ1n) is 7.30. The molecule has 2 N–H and O–H groups in total. The molecule has 6 nitrogen and oxygen atoms in total. The normalized spacial score (nSPS) is 18.2. The second-order valence-corrected chi connectivity index (χ2v) is 5.38. The third-order valence-electron chi connectivity index (χ3n) is 3.58. The highest BCUT2D eigenvalue weighted by atomic mass is 16.5. The number of oxazole rings is 1.